The van der Waals surface area contributed by atoms with E-state index in [0.29, 0.717) is 35.5 Å². The van der Waals surface area contributed by atoms with Crippen LogP contribution in [-0.2, 0) is 10.0 Å². The van der Waals surface area contributed by atoms with Gasteiger partial charge in [0.2, 0.25) is 21.8 Å². The molecule has 1 saturated heterocycles. The fourth-order valence-electron chi connectivity index (χ4n) is 3.26. The van der Waals surface area contributed by atoms with Gasteiger partial charge in [0, 0.05) is 29.1 Å². The minimum absolute atomic E-state index is 0.118. The molecule has 0 N–H and O–H groups in total. The van der Waals surface area contributed by atoms with E-state index < -0.39 is 10.0 Å². The first-order valence-electron chi connectivity index (χ1n) is 8.57. The SMILES string of the molecule is Cc1ccc(Cl)cc1S(=O)(=O)N1CCCC(c2nnc(-c3ccsc3)o2)C1. The standard InChI is InChI=1S/C18H18ClN3O3S2/c1-12-4-5-15(19)9-16(12)27(23,24)22-7-2-3-13(10-22)17-20-21-18(25-17)14-6-8-26-11-14/h4-6,8-9,11,13H,2-3,7,10H2,1H3. The Labute approximate surface area is 166 Å². The number of thiophene rings is 1. The largest absolute Gasteiger partial charge is 0.420 e. The predicted molar refractivity (Wildman–Crippen MR) is 105 cm³/mol. The van der Waals surface area contributed by atoms with Crippen LogP contribution in [-0.4, -0.2) is 36.0 Å². The van der Waals surface area contributed by atoms with Gasteiger partial charge in [0.1, 0.15) is 0 Å². The molecular formula is C18H18ClN3O3S2. The van der Waals surface area contributed by atoms with Crippen LogP contribution in [0.1, 0.15) is 30.2 Å². The Morgan fingerprint density at radius 3 is 2.93 bits per heavy atom. The molecule has 2 aromatic heterocycles. The second kappa shape index (κ2) is 7.35. The van der Waals surface area contributed by atoms with Crippen molar-refractivity contribution in [3.05, 3.63) is 51.5 Å². The van der Waals surface area contributed by atoms with Crippen LogP contribution in [0.4, 0.5) is 0 Å². The van der Waals surface area contributed by atoms with Crippen LogP contribution < -0.4 is 0 Å². The Hall–Kier alpha value is -1.74. The minimum atomic E-state index is -3.63. The maximum atomic E-state index is 13.1. The molecule has 0 amide bonds. The lowest BCUT2D eigenvalue weighted by molar-refractivity contribution is 0.286. The smallest absolute Gasteiger partial charge is 0.248 e. The predicted octanol–water partition coefficient (Wildman–Crippen LogP) is 4.33. The average Bonchev–Trinajstić information content (AvgIpc) is 3.35. The van der Waals surface area contributed by atoms with Gasteiger partial charge in [0.25, 0.3) is 0 Å². The van der Waals surface area contributed by atoms with Gasteiger partial charge in [-0.3, -0.25) is 0 Å². The zero-order chi connectivity index (χ0) is 19.0. The molecule has 9 heteroatoms. The number of halogens is 1. The fourth-order valence-corrected chi connectivity index (χ4v) is 5.90. The third-order valence-corrected chi connectivity index (χ3v) is 7.64. The van der Waals surface area contributed by atoms with Crippen molar-refractivity contribution in [1.29, 1.82) is 0 Å². The molecule has 0 aliphatic carbocycles. The molecule has 1 fully saturated rings. The topological polar surface area (TPSA) is 76.3 Å². The molecule has 0 saturated carbocycles. The van der Waals surface area contributed by atoms with Crippen molar-refractivity contribution >= 4 is 33.0 Å². The van der Waals surface area contributed by atoms with Gasteiger partial charge in [-0.15, -0.1) is 10.2 Å². The van der Waals surface area contributed by atoms with Crippen LogP contribution in [0.2, 0.25) is 5.02 Å². The lowest BCUT2D eigenvalue weighted by Gasteiger charge is -2.30. The normalized spacial score (nSPS) is 18.7. The second-order valence-electron chi connectivity index (χ2n) is 6.57. The van der Waals surface area contributed by atoms with Crippen LogP contribution in [0.15, 0.2) is 44.3 Å². The maximum absolute atomic E-state index is 13.1. The highest BCUT2D eigenvalue weighted by Crippen LogP contribution is 2.32. The Bertz CT molecular complexity index is 1050. The molecule has 0 spiro atoms. The molecule has 1 unspecified atom stereocenters. The molecule has 1 aromatic carbocycles. The van der Waals surface area contributed by atoms with Gasteiger partial charge >= 0.3 is 0 Å². The summed E-state index contributed by atoms with van der Waals surface area (Å²) in [6.45, 7) is 2.56. The molecule has 3 aromatic rings. The van der Waals surface area contributed by atoms with Crippen LogP contribution in [0, 0.1) is 6.92 Å². The Morgan fingerprint density at radius 1 is 1.30 bits per heavy atom. The summed E-state index contributed by atoms with van der Waals surface area (Å²) in [7, 11) is -3.63. The Morgan fingerprint density at radius 2 is 2.15 bits per heavy atom. The molecule has 1 aliphatic rings. The zero-order valence-electron chi connectivity index (χ0n) is 14.6. The van der Waals surface area contributed by atoms with Crippen molar-refractivity contribution in [3.63, 3.8) is 0 Å². The summed E-state index contributed by atoms with van der Waals surface area (Å²) in [6.07, 6.45) is 1.55. The van der Waals surface area contributed by atoms with E-state index in [-0.39, 0.29) is 10.8 Å². The summed E-state index contributed by atoms with van der Waals surface area (Å²) in [6, 6.07) is 6.85. The van der Waals surface area contributed by atoms with Crippen LogP contribution in [0.25, 0.3) is 11.5 Å². The van der Waals surface area contributed by atoms with E-state index in [1.165, 1.54) is 10.4 Å². The number of piperidine rings is 1. The lowest BCUT2D eigenvalue weighted by Crippen LogP contribution is -2.39. The third-order valence-electron chi connectivity index (χ3n) is 4.71. The van der Waals surface area contributed by atoms with Gasteiger partial charge in [-0.1, -0.05) is 17.7 Å². The first kappa shape index (κ1) is 18.6. The number of aryl methyl sites for hydroxylation is 1. The molecule has 3 heterocycles. The van der Waals surface area contributed by atoms with E-state index in [4.69, 9.17) is 16.0 Å². The zero-order valence-corrected chi connectivity index (χ0v) is 17.0. The second-order valence-corrected chi connectivity index (χ2v) is 9.69. The fraction of sp³-hybridized carbons (Fsp3) is 0.333. The number of sulfonamides is 1. The number of aromatic nitrogens is 2. The van der Waals surface area contributed by atoms with Gasteiger partial charge in [-0.05, 0) is 48.9 Å². The monoisotopic (exact) mass is 423 g/mol. The van der Waals surface area contributed by atoms with Crippen molar-refractivity contribution in [1.82, 2.24) is 14.5 Å². The number of nitrogens with zero attached hydrogens (tertiary/aromatic N) is 3. The summed E-state index contributed by atoms with van der Waals surface area (Å²) < 4.78 is 33.6. The molecule has 0 radical (unpaired) electrons. The molecule has 1 aliphatic heterocycles. The van der Waals surface area contributed by atoms with E-state index in [2.05, 4.69) is 10.2 Å². The van der Waals surface area contributed by atoms with Crippen molar-refractivity contribution in [3.8, 4) is 11.5 Å². The Balaban J connectivity index is 1.59. The molecule has 1 atom stereocenters. The van der Waals surface area contributed by atoms with Gasteiger partial charge in [-0.25, -0.2) is 8.42 Å². The van der Waals surface area contributed by atoms with Crippen molar-refractivity contribution in [2.45, 2.75) is 30.6 Å². The Kier molecular flexibility index (Phi) is 5.07. The summed E-state index contributed by atoms with van der Waals surface area (Å²) in [5.41, 5.74) is 1.56. The highest BCUT2D eigenvalue weighted by Gasteiger charge is 2.34. The van der Waals surface area contributed by atoms with Crippen molar-refractivity contribution in [2.24, 2.45) is 0 Å². The maximum Gasteiger partial charge on any atom is 0.248 e. The number of benzene rings is 1. The van der Waals surface area contributed by atoms with E-state index in [0.717, 1.165) is 18.4 Å². The van der Waals surface area contributed by atoms with Crippen LogP contribution in [0.3, 0.4) is 0 Å². The molecule has 142 valence electrons. The highest BCUT2D eigenvalue weighted by atomic mass is 35.5. The van der Waals surface area contributed by atoms with Gasteiger partial charge in [0.05, 0.1) is 10.8 Å². The average molecular weight is 424 g/mol. The summed E-state index contributed by atoms with van der Waals surface area (Å²) in [5.74, 6) is 0.837. The van der Waals surface area contributed by atoms with Crippen molar-refractivity contribution in [2.75, 3.05) is 13.1 Å². The first-order chi connectivity index (χ1) is 12.9. The molecule has 4 rings (SSSR count). The minimum Gasteiger partial charge on any atom is -0.420 e. The van der Waals surface area contributed by atoms with Gasteiger partial charge in [0.15, 0.2) is 0 Å². The highest BCUT2D eigenvalue weighted by molar-refractivity contribution is 7.89. The van der Waals surface area contributed by atoms with E-state index in [9.17, 15) is 8.42 Å². The van der Waals surface area contributed by atoms with Gasteiger partial charge in [-0.2, -0.15) is 15.6 Å². The van der Waals surface area contributed by atoms with E-state index in [1.807, 2.05) is 16.8 Å². The van der Waals surface area contributed by atoms with Crippen LogP contribution >= 0.6 is 22.9 Å². The lowest BCUT2D eigenvalue weighted by atomic mass is 10.00. The molecule has 27 heavy (non-hydrogen) atoms. The summed E-state index contributed by atoms with van der Waals surface area (Å²) >= 11 is 7.58. The number of hydrogen-bond acceptors (Lipinski definition) is 6. The van der Waals surface area contributed by atoms with E-state index >= 15 is 0 Å². The van der Waals surface area contributed by atoms with Gasteiger partial charge < -0.3 is 4.42 Å². The molecule has 6 nitrogen and oxygen atoms in total. The summed E-state index contributed by atoms with van der Waals surface area (Å²) in [4.78, 5) is 0.250. The number of rotatable bonds is 4. The molecule has 0 bridgehead atoms. The molecular weight excluding hydrogens is 406 g/mol. The van der Waals surface area contributed by atoms with E-state index in [1.54, 1.807) is 30.4 Å². The van der Waals surface area contributed by atoms with Crippen molar-refractivity contribution < 1.29 is 12.8 Å². The summed E-state index contributed by atoms with van der Waals surface area (Å²) in [5, 5.41) is 12.6. The first-order valence-corrected chi connectivity index (χ1v) is 11.3. The quantitative estimate of drug-likeness (QED) is 0.624. The third kappa shape index (κ3) is 3.67. The van der Waals surface area contributed by atoms with Crippen LogP contribution in [0.5, 0.6) is 0 Å². The number of hydrogen-bond donors (Lipinski definition) is 0.